The molecule has 1 amide bonds. The van der Waals surface area contributed by atoms with Crippen molar-refractivity contribution in [1.29, 1.82) is 0 Å². The van der Waals surface area contributed by atoms with Crippen LogP contribution >= 0.6 is 35.0 Å². The summed E-state index contributed by atoms with van der Waals surface area (Å²) in [6.07, 6.45) is 0. The average Bonchev–Trinajstić information content (AvgIpc) is 3.04. The fourth-order valence-corrected chi connectivity index (χ4v) is 3.47. The second-order valence-electron chi connectivity index (χ2n) is 5.79. The Balaban J connectivity index is 1.62. The third-order valence-corrected chi connectivity index (χ3v) is 5.55. The Labute approximate surface area is 177 Å². The third-order valence-electron chi connectivity index (χ3n) is 3.79. The van der Waals surface area contributed by atoms with Gasteiger partial charge in [0, 0.05) is 18.3 Å². The number of anilines is 1. The molecule has 146 valence electrons. The number of halogens is 2. The summed E-state index contributed by atoms with van der Waals surface area (Å²) in [4.78, 5) is 12.2. The predicted molar refractivity (Wildman–Crippen MR) is 113 cm³/mol. The van der Waals surface area contributed by atoms with Crippen LogP contribution in [0.15, 0.2) is 47.6 Å². The number of hydrogen-bond acceptors (Lipinski definition) is 5. The van der Waals surface area contributed by atoms with E-state index >= 15 is 0 Å². The minimum atomic E-state index is -0.172. The fourth-order valence-electron chi connectivity index (χ4n) is 2.46. The number of ether oxygens (including phenoxy) is 1. The smallest absolute Gasteiger partial charge is 0.234 e. The van der Waals surface area contributed by atoms with Crippen molar-refractivity contribution in [2.75, 3.05) is 17.7 Å². The van der Waals surface area contributed by atoms with Crippen molar-refractivity contribution >= 4 is 46.6 Å². The standard InChI is InChI=1S/C19H18Cl2N4O2S/c1-3-27-14-7-4-12(5-8-14)18-23-24-19(25(18)2)28-11-17(26)22-13-6-9-15(20)16(21)10-13/h4-10H,3,11H2,1-2H3,(H,22,26). The zero-order valence-electron chi connectivity index (χ0n) is 15.3. The topological polar surface area (TPSA) is 69.0 Å². The highest BCUT2D eigenvalue weighted by Gasteiger charge is 2.13. The lowest BCUT2D eigenvalue weighted by atomic mass is 10.2. The van der Waals surface area contributed by atoms with Gasteiger partial charge in [0.05, 0.1) is 22.4 Å². The van der Waals surface area contributed by atoms with Crippen LogP contribution in [0, 0.1) is 0 Å². The highest BCUT2D eigenvalue weighted by molar-refractivity contribution is 7.99. The number of carbonyl (C=O) groups excluding carboxylic acids is 1. The third kappa shape index (κ3) is 4.98. The van der Waals surface area contributed by atoms with Crippen molar-refractivity contribution in [3.63, 3.8) is 0 Å². The SMILES string of the molecule is CCOc1ccc(-c2nnc(SCC(=O)Nc3ccc(Cl)c(Cl)c3)n2C)cc1. The molecule has 0 fully saturated rings. The Hall–Kier alpha value is -2.22. The van der Waals surface area contributed by atoms with Gasteiger partial charge in [-0.2, -0.15) is 0 Å². The van der Waals surface area contributed by atoms with Gasteiger partial charge in [-0.15, -0.1) is 10.2 Å². The Kier molecular flexibility index (Phi) is 6.83. The summed E-state index contributed by atoms with van der Waals surface area (Å²) >= 11 is 13.1. The van der Waals surface area contributed by atoms with Gasteiger partial charge in [0.25, 0.3) is 0 Å². The average molecular weight is 437 g/mol. The molecule has 1 aromatic heterocycles. The second kappa shape index (κ2) is 9.32. The van der Waals surface area contributed by atoms with E-state index in [2.05, 4.69) is 15.5 Å². The van der Waals surface area contributed by atoms with Crippen molar-refractivity contribution in [3.8, 4) is 17.1 Å². The quantitative estimate of drug-likeness (QED) is 0.532. The van der Waals surface area contributed by atoms with Crippen LogP contribution in [0.2, 0.25) is 10.0 Å². The Morgan fingerprint density at radius 2 is 1.89 bits per heavy atom. The summed E-state index contributed by atoms with van der Waals surface area (Å²) < 4.78 is 7.31. The monoisotopic (exact) mass is 436 g/mol. The van der Waals surface area contributed by atoms with Gasteiger partial charge >= 0.3 is 0 Å². The van der Waals surface area contributed by atoms with Crippen molar-refractivity contribution in [2.45, 2.75) is 12.1 Å². The molecule has 0 aliphatic heterocycles. The minimum Gasteiger partial charge on any atom is -0.494 e. The number of hydrogen-bond donors (Lipinski definition) is 1. The van der Waals surface area contributed by atoms with E-state index in [1.165, 1.54) is 11.8 Å². The molecule has 0 bridgehead atoms. The summed E-state index contributed by atoms with van der Waals surface area (Å²) in [5.74, 6) is 1.54. The summed E-state index contributed by atoms with van der Waals surface area (Å²) in [6, 6.07) is 12.6. The number of benzene rings is 2. The molecular weight excluding hydrogens is 419 g/mol. The lowest BCUT2D eigenvalue weighted by molar-refractivity contribution is -0.113. The number of amides is 1. The maximum atomic E-state index is 12.2. The first-order chi connectivity index (χ1) is 13.5. The lowest BCUT2D eigenvalue weighted by Crippen LogP contribution is -2.14. The number of rotatable bonds is 7. The van der Waals surface area contributed by atoms with E-state index in [0.717, 1.165) is 17.1 Å². The van der Waals surface area contributed by atoms with Crippen LogP contribution in [0.25, 0.3) is 11.4 Å². The van der Waals surface area contributed by atoms with E-state index in [-0.39, 0.29) is 11.7 Å². The predicted octanol–water partition coefficient (Wildman–Crippen LogP) is 4.92. The van der Waals surface area contributed by atoms with Gasteiger partial charge in [-0.3, -0.25) is 4.79 Å². The highest BCUT2D eigenvalue weighted by Crippen LogP contribution is 2.26. The van der Waals surface area contributed by atoms with Crippen molar-refractivity contribution in [2.24, 2.45) is 7.05 Å². The molecule has 2 aromatic carbocycles. The van der Waals surface area contributed by atoms with Crippen LogP contribution in [-0.4, -0.2) is 33.0 Å². The van der Waals surface area contributed by atoms with E-state index in [0.29, 0.717) is 27.5 Å². The molecule has 0 spiro atoms. The first-order valence-electron chi connectivity index (χ1n) is 8.48. The fraction of sp³-hybridized carbons (Fsp3) is 0.211. The van der Waals surface area contributed by atoms with Crippen LogP contribution in [0.3, 0.4) is 0 Å². The number of nitrogens with one attached hydrogen (secondary N) is 1. The molecule has 28 heavy (non-hydrogen) atoms. The van der Waals surface area contributed by atoms with Crippen LogP contribution in [0.5, 0.6) is 5.75 Å². The van der Waals surface area contributed by atoms with Gasteiger partial charge in [-0.25, -0.2) is 0 Å². The van der Waals surface area contributed by atoms with Crippen molar-refractivity contribution in [3.05, 3.63) is 52.5 Å². The van der Waals surface area contributed by atoms with Crippen LogP contribution in [-0.2, 0) is 11.8 Å². The van der Waals surface area contributed by atoms with Gasteiger partial charge in [0.2, 0.25) is 5.91 Å². The van der Waals surface area contributed by atoms with Gasteiger partial charge in [-0.1, -0.05) is 35.0 Å². The number of nitrogens with zero attached hydrogens (tertiary/aromatic N) is 3. The Bertz CT molecular complexity index is 977. The van der Waals surface area contributed by atoms with Crippen LogP contribution in [0.1, 0.15) is 6.92 Å². The van der Waals surface area contributed by atoms with Gasteiger partial charge in [0.15, 0.2) is 11.0 Å². The number of aromatic nitrogens is 3. The molecule has 0 saturated carbocycles. The molecule has 0 saturated heterocycles. The molecule has 6 nitrogen and oxygen atoms in total. The maximum absolute atomic E-state index is 12.2. The summed E-state index contributed by atoms with van der Waals surface area (Å²) in [5, 5.41) is 12.7. The van der Waals surface area contributed by atoms with E-state index in [9.17, 15) is 4.79 Å². The van der Waals surface area contributed by atoms with E-state index in [1.807, 2.05) is 42.8 Å². The Morgan fingerprint density at radius 3 is 2.57 bits per heavy atom. The molecular formula is C19H18Cl2N4O2S. The lowest BCUT2D eigenvalue weighted by Gasteiger charge is -2.07. The van der Waals surface area contributed by atoms with Crippen LogP contribution < -0.4 is 10.1 Å². The molecule has 3 rings (SSSR count). The number of thioether (sulfide) groups is 1. The Morgan fingerprint density at radius 1 is 1.14 bits per heavy atom. The zero-order chi connectivity index (χ0) is 20.1. The van der Waals surface area contributed by atoms with Gasteiger partial charge in [0.1, 0.15) is 5.75 Å². The molecule has 3 aromatic rings. The normalized spacial score (nSPS) is 10.7. The summed E-state index contributed by atoms with van der Waals surface area (Å²) in [6.45, 7) is 2.56. The minimum absolute atomic E-state index is 0.172. The summed E-state index contributed by atoms with van der Waals surface area (Å²) in [5.41, 5.74) is 1.51. The first kappa shape index (κ1) is 20.5. The van der Waals surface area contributed by atoms with E-state index in [1.54, 1.807) is 18.2 Å². The zero-order valence-corrected chi connectivity index (χ0v) is 17.6. The van der Waals surface area contributed by atoms with E-state index < -0.39 is 0 Å². The first-order valence-corrected chi connectivity index (χ1v) is 10.2. The number of carbonyl (C=O) groups is 1. The molecule has 1 N–H and O–H groups in total. The molecule has 9 heteroatoms. The molecule has 0 radical (unpaired) electrons. The molecule has 1 heterocycles. The van der Waals surface area contributed by atoms with Crippen molar-refractivity contribution < 1.29 is 9.53 Å². The molecule has 0 atom stereocenters. The second-order valence-corrected chi connectivity index (χ2v) is 7.55. The van der Waals surface area contributed by atoms with E-state index in [4.69, 9.17) is 27.9 Å². The molecule has 0 unspecified atom stereocenters. The molecule has 0 aliphatic rings. The van der Waals surface area contributed by atoms with Crippen LogP contribution in [0.4, 0.5) is 5.69 Å². The maximum Gasteiger partial charge on any atom is 0.234 e. The largest absolute Gasteiger partial charge is 0.494 e. The van der Waals surface area contributed by atoms with Gasteiger partial charge < -0.3 is 14.6 Å². The van der Waals surface area contributed by atoms with Gasteiger partial charge in [-0.05, 0) is 49.4 Å². The highest BCUT2D eigenvalue weighted by atomic mass is 35.5. The van der Waals surface area contributed by atoms with Crippen molar-refractivity contribution in [1.82, 2.24) is 14.8 Å². The summed E-state index contributed by atoms with van der Waals surface area (Å²) in [7, 11) is 1.87. The molecule has 0 aliphatic carbocycles.